The van der Waals surface area contributed by atoms with Crippen molar-refractivity contribution in [3.63, 3.8) is 0 Å². The molecule has 0 radical (unpaired) electrons. The molecular formula is C26H32O10. The Morgan fingerprint density at radius 2 is 1.17 bits per heavy atom. The van der Waals surface area contributed by atoms with Crippen molar-refractivity contribution in [2.45, 2.75) is 64.2 Å². The lowest BCUT2D eigenvalue weighted by Gasteiger charge is -2.09. The summed E-state index contributed by atoms with van der Waals surface area (Å²) in [6.45, 7) is 3.62. The number of Topliss-reactive ketones (excluding diaryl/α,β-unsaturated/α-hetero) is 2. The van der Waals surface area contributed by atoms with E-state index in [9.17, 15) is 28.8 Å². The third-order valence-electron chi connectivity index (χ3n) is 5.19. The number of hydrogen-bond acceptors (Lipinski definition) is 8. The third kappa shape index (κ3) is 11.5. The number of carbonyl (C=O) groups excluding carboxylic acids is 4. The van der Waals surface area contributed by atoms with E-state index < -0.39 is 35.4 Å². The molecule has 1 aromatic rings. The number of carboxylic acid groups (broad SMARTS) is 2. The average molecular weight is 505 g/mol. The molecule has 0 heterocycles. The first kappa shape index (κ1) is 30.2. The van der Waals surface area contributed by atoms with E-state index in [1.165, 1.54) is 24.3 Å². The van der Waals surface area contributed by atoms with Crippen LogP contribution in [0.1, 0.15) is 90.5 Å². The van der Waals surface area contributed by atoms with Crippen LogP contribution in [0.25, 0.3) is 6.08 Å². The van der Waals surface area contributed by atoms with Crippen LogP contribution in [0, 0.1) is 0 Å². The number of aliphatic carboxylic acids is 2. The fraction of sp³-hybridized carbons (Fsp3) is 0.462. The first-order valence-electron chi connectivity index (χ1n) is 11.8. The fourth-order valence-electron chi connectivity index (χ4n) is 3.23. The summed E-state index contributed by atoms with van der Waals surface area (Å²) in [5.74, 6) is -5.68. The van der Waals surface area contributed by atoms with Crippen molar-refractivity contribution >= 4 is 41.5 Å². The van der Waals surface area contributed by atoms with E-state index in [0.717, 1.165) is 0 Å². The molecule has 0 amide bonds. The molecular weight excluding hydrogens is 472 g/mol. The summed E-state index contributed by atoms with van der Waals surface area (Å²) >= 11 is 0. The topological polar surface area (TPSA) is 161 Å². The van der Waals surface area contributed by atoms with Crippen LogP contribution in [0.15, 0.2) is 24.8 Å². The molecule has 10 nitrogen and oxygen atoms in total. The molecule has 0 fully saturated rings. The van der Waals surface area contributed by atoms with E-state index in [1.807, 2.05) is 0 Å². The number of ketones is 2. The number of rotatable bonds is 19. The Labute approximate surface area is 209 Å². The molecule has 0 bridgehead atoms. The predicted molar refractivity (Wildman–Crippen MR) is 129 cm³/mol. The number of carboxylic acids is 2. The van der Waals surface area contributed by atoms with Crippen LogP contribution in [-0.4, -0.2) is 58.9 Å². The van der Waals surface area contributed by atoms with Gasteiger partial charge < -0.3 is 19.7 Å². The van der Waals surface area contributed by atoms with Crippen LogP contribution in [0.4, 0.5) is 0 Å². The molecule has 0 aromatic heterocycles. The molecule has 10 heteroatoms. The lowest BCUT2D eigenvalue weighted by Crippen LogP contribution is -2.21. The van der Waals surface area contributed by atoms with Gasteiger partial charge in [-0.25, -0.2) is 9.59 Å². The van der Waals surface area contributed by atoms with Crippen LogP contribution in [0.3, 0.4) is 0 Å². The lowest BCUT2D eigenvalue weighted by molar-refractivity contribution is -0.139. The summed E-state index contributed by atoms with van der Waals surface area (Å²) in [6.07, 6.45) is 6.14. The van der Waals surface area contributed by atoms with E-state index in [4.69, 9.17) is 19.7 Å². The number of ether oxygens (including phenoxy) is 2. The molecule has 0 spiro atoms. The molecule has 196 valence electrons. The van der Waals surface area contributed by atoms with Gasteiger partial charge in [-0.15, -0.1) is 0 Å². The Balaban J connectivity index is 2.53. The molecule has 0 saturated heterocycles. The van der Waals surface area contributed by atoms with Gasteiger partial charge in [0, 0.05) is 24.0 Å². The summed E-state index contributed by atoms with van der Waals surface area (Å²) in [4.78, 5) is 69.9. The van der Waals surface area contributed by atoms with Gasteiger partial charge in [0.15, 0.2) is 0 Å². The first-order valence-corrected chi connectivity index (χ1v) is 11.8. The fourth-order valence-corrected chi connectivity index (χ4v) is 3.23. The molecule has 0 aliphatic heterocycles. The zero-order valence-electron chi connectivity index (χ0n) is 20.2. The van der Waals surface area contributed by atoms with Crippen LogP contribution in [0.2, 0.25) is 0 Å². The second-order valence-corrected chi connectivity index (χ2v) is 8.05. The Hall–Kier alpha value is -3.82. The van der Waals surface area contributed by atoms with Crippen molar-refractivity contribution in [3.8, 4) is 0 Å². The van der Waals surface area contributed by atoms with Gasteiger partial charge in [0.05, 0.1) is 13.2 Å². The maximum atomic E-state index is 12.5. The van der Waals surface area contributed by atoms with E-state index >= 15 is 0 Å². The van der Waals surface area contributed by atoms with Gasteiger partial charge in [-0.2, -0.15) is 0 Å². The van der Waals surface area contributed by atoms with Crippen LogP contribution >= 0.6 is 0 Å². The largest absolute Gasteiger partial charge is 0.481 e. The second kappa shape index (κ2) is 16.7. The SMILES string of the molecule is C=Cc1cc(C(=O)C(=O)OCCCCCCC(=O)O)ccc1C(=O)C(=O)OCCCCCCC(=O)O. The maximum Gasteiger partial charge on any atom is 0.379 e. The highest BCUT2D eigenvalue weighted by molar-refractivity contribution is 6.42. The highest BCUT2D eigenvalue weighted by Crippen LogP contribution is 2.17. The second-order valence-electron chi connectivity index (χ2n) is 8.05. The number of carbonyl (C=O) groups is 6. The third-order valence-corrected chi connectivity index (χ3v) is 5.19. The summed E-state index contributed by atoms with van der Waals surface area (Å²) in [5.41, 5.74) is 0.132. The smallest absolute Gasteiger partial charge is 0.379 e. The van der Waals surface area contributed by atoms with Gasteiger partial charge in [0.2, 0.25) is 0 Å². The van der Waals surface area contributed by atoms with Gasteiger partial charge in [-0.1, -0.05) is 38.3 Å². The lowest BCUT2D eigenvalue weighted by atomic mass is 9.98. The minimum absolute atomic E-state index is 0.0169. The van der Waals surface area contributed by atoms with Crippen LogP contribution < -0.4 is 0 Å². The molecule has 2 N–H and O–H groups in total. The molecule has 0 unspecified atom stereocenters. The van der Waals surface area contributed by atoms with Gasteiger partial charge in [-0.05, 0) is 49.4 Å². The molecule has 0 aliphatic rings. The van der Waals surface area contributed by atoms with Crippen LogP contribution in [0.5, 0.6) is 0 Å². The van der Waals surface area contributed by atoms with E-state index in [-0.39, 0.29) is 42.7 Å². The zero-order valence-corrected chi connectivity index (χ0v) is 20.2. The molecule has 1 aromatic carbocycles. The number of esters is 2. The predicted octanol–water partition coefficient (Wildman–Crippen LogP) is 3.85. The normalized spacial score (nSPS) is 10.3. The van der Waals surface area contributed by atoms with Gasteiger partial charge >= 0.3 is 23.9 Å². The van der Waals surface area contributed by atoms with Crippen molar-refractivity contribution in [3.05, 3.63) is 41.5 Å². The van der Waals surface area contributed by atoms with Crippen molar-refractivity contribution in [2.75, 3.05) is 13.2 Å². The van der Waals surface area contributed by atoms with Crippen molar-refractivity contribution in [1.82, 2.24) is 0 Å². The van der Waals surface area contributed by atoms with E-state index in [1.54, 1.807) is 0 Å². The quantitative estimate of drug-likeness (QED) is 0.122. The Morgan fingerprint density at radius 1 is 0.694 bits per heavy atom. The van der Waals surface area contributed by atoms with Gasteiger partial charge in [0.25, 0.3) is 11.6 Å². The Kier molecular flexibility index (Phi) is 14.1. The minimum Gasteiger partial charge on any atom is -0.481 e. The minimum atomic E-state index is -1.06. The highest BCUT2D eigenvalue weighted by Gasteiger charge is 2.23. The van der Waals surface area contributed by atoms with Crippen molar-refractivity contribution in [2.24, 2.45) is 0 Å². The maximum absolute atomic E-state index is 12.5. The monoisotopic (exact) mass is 504 g/mol. The highest BCUT2D eigenvalue weighted by atomic mass is 16.5. The summed E-state index contributed by atoms with van der Waals surface area (Å²) in [5, 5.41) is 17.2. The summed E-state index contributed by atoms with van der Waals surface area (Å²) in [7, 11) is 0. The molecule has 36 heavy (non-hydrogen) atoms. The number of hydrogen-bond donors (Lipinski definition) is 2. The zero-order chi connectivity index (χ0) is 26.9. The average Bonchev–Trinajstić information content (AvgIpc) is 2.85. The summed E-state index contributed by atoms with van der Waals surface area (Å²) in [6, 6.07) is 3.76. The number of unbranched alkanes of at least 4 members (excludes halogenated alkanes) is 6. The molecule has 0 saturated carbocycles. The van der Waals surface area contributed by atoms with E-state index in [0.29, 0.717) is 51.4 Å². The Bertz CT molecular complexity index is 963. The van der Waals surface area contributed by atoms with Gasteiger partial charge in [0.1, 0.15) is 0 Å². The van der Waals surface area contributed by atoms with Gasteiger partial charge in [-0.3, -0.25) is 19.2 Å². The van der Waals surface area contributed by atoms with E-state index in [2.05, 4.69) is 6.58 Å². The van der Waals surface area contributed by atoms with Crippen LogP contribution in [-0.2, 0) is 28.7 Å². The van der Waals surface area contributed by atoms with Crippen molar-refractivity contribution in [1.29, 1.82) is 0 Å². The first-order chi connectivity index (χ1) is 17.2. The molecule has 0 atom stereocenters. The van der Waals surface area contributed by atoms with Crippen molar-refractivity contribution < 1.29 is 48.5 Å². The molecule has 0 aliphatic carbocycles. The summed E-state index contributed by atoms with van der Waals surface area (Å²) < 4.78 is 9.95. The number of benzene rings is 1. The standard InChI is InChI=1S/C26H32O10/c1-2-18-17-19(23(31)25(33)35-15-9-5-3-7-11-21(27)28)13-14-20(18)24(32)26(34)36-16-10-6-4-8-12-22(29)30/h2,13-14,17H,1,3-12,15-16H2,(H,27,28)(H,29,30). The molecule has 1 rings (SSSR count). The Morgan fingerprint density at radius 3 is 1.64 bits per heavy atom.